The second-order valence-corrected chi connectivity index (χ2v) is 3.56. The lowest BCUT2D eigenvalue weighted by Crippen LogP contribution is -1.93. The van der Waals surface area contributed by atoms with E-state index in [1.54, 1.807) is 12.1 Å². The highest BCUT2D eigenvalue weighted by atomic mass is 35.5. The average molecular weight is 290 g/mol. The van der Waals surface area contributed by atoms with Gasteiger partial charge in [0.15, 0.2) is 5.13 Å². The molecule has 0 bridgehead atoms. The molecule has 6 N–H and O–H groups in total. The fourth-order valence-corrected chi connectivity index (χ4v) is 1.79. The van der Waals surface area contributed by atoms with Crippen LogP contribution >= 0.6 is 48.6 Å². The van der Waals surface area contributed by atoms with Crippen molar-refractivity contribution in [2.75, 3.05) is 17.2 Å². The smallest absolute Gasteiger partial charge is 0.181 e. The Bertz CT molecular complexity index is 406. The summed E-state index contributed by atoms with van der Waals surface area (Å²) in [5, 5.41) is 0.537. The molecule has 0 spiro atoms. The van der Waals surface area contributed by atoms with Crippen LogP contribution in [-0.4, -0.2) is 4.98 Å². The monoisotopic (exact) mass is 288 g/mol. The molecule has 0 amide bonds. The number of rotatable bonds is 0. The maximum Gasteiger partial charge on any atom is 0.181 e. The van der Waals surface area contributed by atoms with Crippen LogP contribution < -0.4 is 17.2 Å². The summed E-state index contributed by atoms with van der Waals surface area (Å²) >= 11 is 1.41. The van der Waals surface area contributed by atoms with Crippen LogP contribution in [0.4, 0.5) is 16.5 Å². The Balaban J connectivity index is 0. The summed E-state index contributed by atoms with van der Waals surface area (Å²) < 4.78 is 0.971. The van der Waals surface area contributed by atoms with E-state index in [0.717, 1.165) is 10.2 Å². The van der Waals surface area contributed by atoms with Crippen molar-refractivity contribution in [2.24, 2.45) is 0 Å². The molecule has 0 unspecified atom stereocenters. The predicted molar refractivity (Wildman–Crippen MR) is 74.6 cm³/mol. The third kappa shape index (κ3) is 3.17. The second kappa shape index (κ2) is 6.07. The minimum atomic E-state index is 0. The zero-order valence-electron chi connectivity index (χ0n) is 7.47. The molecule has 86 valence electrons. The predicted octanol–water partition coefficient (Wildman–Crippen LogP) is 2.31. The van der Waals surface area contributed by atoms with Crippen molar-refractivity contribution in [3.63, 3.8) is 0 Å². The summed E-state index contributed by atoms with van der Waals surface area (Å²) in [6.07, 6.45) is 0. The number of halogens is 3. The van der Waals surface area contributed by atoms with Gasteiger partial charge in [-0.2, -0.15) is 0 Å². The lowest BCUT2D eigenvalue weighted by Gasteiger charge is -1.97. The number of benzene rings is 1. The molecule has 1 aromatic carbocycles. The summed E-state index contributed by atoms with van der Waals surface area (Å²) in [4.78, 5) is 4.08. The zero-order valence-corrected chi connectivity index (χ0v) is 10.7. The number of hydrogen-bond acceptors (Lipinski definition) is 5. The molecular formula is C7H11Cl3N4S. The van der Waals surface area contributed by atoms with Gasteiger partial charge in [-0.15, -0.1) is 37.2 Å². The molecule has 4 nitrogen and oxygen atoms in total. The molecule has 0 radical (unpaired) electrons. The van der Waals surface area contributed by atoms with Crippen LogP contribution in [0.5, 0.6) is 0 Å². The van der Waals surface area contributed by atoms with Gasteiger partial charge < -0.3 is 17.2 Å². The number of thiazole rings is 1. The third-order valence-electron chi connectivity index (χ3n) is 1.61. The molecule has 2 rings (SSSR count). The fraction of sp³-hybridized carbons (Fsp3) is 0. The average Bonchev–Trinajstić information content (AvgIpc) is 2.30. The second-order valence-electron chi connectivity index (χ2n) is 2.50. The van der Waals surface area contributed by atoms with Gasteiger partial charge in [-0.3, -0.25) is 0 Å². The van der Waals surface area contributed by atoms with E-state index in [-0.39, 0.29) is 37.2 Å². The molecule has 0 aliphatic carbocycles. The van der Waals surface area contributed by atoms with E-state index < -0.39 is 0 Å². The van der Waals surface area contributed by atoms with E-state index in [9.17, 15) is 0 Å². The maximum absolute atomic E-state index is 5.61. The molecule has 0 atom stereocenters. The first-order valence-corrected chi connectivity index (χ1v) is 4.19. The van der Waals surface area contributed by atoms with E-state index in [0.29, 0.717) is 16.5 Å². The van der Waals surface area contributed by atoms with Gasteiger partial charge in [0.25, 0.3) is 0 Å². The number of anilines is 3. The Morgan fingerprint density at radius 2 is 1.47 bits per heavy atom. The van der Waals surface area contributed by atoms with Crippen LogP contribution in [0.25, 0.3) is 10.2 Å². The lowest BCUT2D eigenvalue weighted by atomic mass is 10.2. The fourth-order valence-electron chi connectivity index (χ4n) is 1.02. The molecule has 15 heavy (non-hydrogen) atoms. The number of hydrogen-bond donors (Lipinski definition) is 3. The number of fused-ring (bicyclic) bond motifs is 1. The first-order chi connectivity index (χ1) is 5.66. The van der Waals surface area contributed by atoms with Gasteiger partial charge in [0.1, 0.15) is 0 Å². The quantitative estimate of drug-likeness (QED) is 0.649. The summed E-state index contributed by atoms with van der Waals surface area (Å²) in [6, 6.07) is 3.52. The van der Waals surface area contributed by atoms with Crippen molar-refractivity contribution in [2.45, 2.75) is 0 Å². The number of aromatic nitrogens is 1. The van der Waals surface area contributed by atoms with Crippen molar-refractivity contribution in [1.29, 1.82) is 0 Å². The molecule has 0 saturated carbocycles. The van der Waals surface area contributed by atoms with Gasteiger partial charge in [-0.1, -0.05) is 11.3 Å². The molecule has 0 aliphatic rings. The summed E-state index contributed by atoms with van der Waals surface area (Å²) in [7, 11) is 0. The highest BCUT2D eigenvalue weighted by Crippen LogP contribution is 2.28. The van der Waals surface area contributed by atoms with Gasteiger partial charge in [-0.05, 0) is 12.1 Å². The van der Waals surface area contributed by atoms with Gasteiger partial charge in [-0.25, -0.2) is 4.98 Å². The van der Waals surface area contributed by atoms with Gasteiger partial charge in [0.2, 0.25) is 0 Å². The standard InChI is InChI=1S/C7H8N4S.3ClH/c8-3-1-5-6(2-4(3)9)12-7(10)11-5;;;/h1-2H,8-9H2,(H2,10,11);3*1H. The van der Waals surface area contributed by atoms with Crippen molar-refractivity contribution < 1.29 is 0 Å². The highest BCUT2D eigenvalue weighted by Gasteiger charge is 2.03. The lowest BCUT2D eigenvalue weighted by molar-refractivity contribution is 1.50. The van der Waals surface area contributed by atoms with Gasteiger partial charge in [0, 0.05) is 0 Å². The molecule has 1 heterocycles. The van der Waals surface area contributed by atoms with Crippen LogP contribution in [-0.2, 0) is 0 Å². The van der Waals surface area contributed by atoms with E-state index in [2.05, 4.69) is 4.98 Å². The largest absolute Gasteiger partial charge is 0.397 e. The Kier molecular flexibility index (Phi) is 6.80. The number of nitrogens with zero attached hydrogens (tertiary/aromatic N) is 1. The minimum absolute atomic E-state index is 0. The van der Waals surface area contributed by atoms with Crippen LogP contribution in [0, 0.1) is 0 Å². The van der Waals surface area contributed by atoms with E-state index in [1.165, 1.54) is 11.3 Å². The number of nitrogens with two attached hydrogens (primary N) is 3. The topological polar surface area (TPSA) is 90.9 Å². The van der Waals surface area contributed by atoms with Crippen molar-refractivity contribution in [1.82, 2.24) is 4.98 Å². The molecule has 8 heteroatoms. The van der Waals surface area contributed by atoms with E-state index >= 15 is 0 Å². The Morgan fingerprint density at radius 1 is 0.933 bits per heavy atom. The molecule has 0 saturated heterocycles. The Labute approximate surface area is 109 Å². The van der Waals surface area contributed by atoms with E-state index in [4.69, 9.17) is 17.2 Å². The van der Waals surface area contributed by atoms with Gasteiger partial charge in [0.05, 0.1) is 21.6 Å². The van der Waals surface area contributed by atoms with Crippen molar-refractivity contribution in [3.05, 3.63) is 12.1 Å². The highest BCUT2D eigenvalue weighted by molar-refractivity contribution is 7.22. The molecular weight excluding hydrogens is 279 g/mol. The maximum atomic E-state index is 5.61. The van der Waals surface area contributed by atoms with Crippen LogP contribution in [0.15, 0.2) is 12.1 Å². The molecule has 0 fully saturated rings. The zero-order chi connectivity index (χ0) is 8.72. The minimum Gasteiger partial charge on any atom is -0.397 e. The first kappa shape index (κ1) is 16.8. The van der Waals surface area contributed by atoms with Crippen LogP contribution in [0.3, 0.4) is 0 Å². The molecule has 0 aliphatic heterocycles. The first-order valence-electron chi connectivity index (χ1n) is 3.38. The van der Waals surface area contributed by atoms with Crippen LogP contribution in [0.2, 0.25) is 0 Å². The normalized spacial score (nSPS) is 8.53. The SMILES string of the molecule is Cl.Cl.Cl.Nc1nc2cc(N)c(N)cc2s1. The summed E-state index contributed by atoms with van der Waals surface area (Å²) in [6.45, 7) is 0. The summed E-state index contributed by atoms with van der Waals surface area (Å²) in [5.41, 5.74) is 18.7. The Hall–Kier alpha value is -0.620. The van der Waals surface area contributed by atoms with E-state index in [1.807, 2.05) is 0 Å². The summed E-state index contributed by atoms with van der Waals surface area (Å²) in [5.74, 6) is 0. The molecule has 2 aromatic rings. The Morgan fingerprint density at radius 3 is 2.07 bits per heavy atom. The molecule has 1 aromatic heterocycles. The third-order valence-corrected chi connectivity index (χ3v) is 2.46. The van der Waals surface area contributed by atoms with Crippen molar-refractivity contribution >= 4 is 75.3 Å². The van der Waals surface area contributed by atoms with Crippen molar-refractivity contribution in [3.8, 4) is 0 Å². The van der Waals surface area contributed by atoms with Crippen LogP contribution in [0.1, 0.15) is 0 Å². The van der Waals surface area contributed by atoms with Gasteiger partial charge >= 0.3 is 0 Å². The number of nitrogen functional groups attached to an aromatic ring is 3.